The van der Waals surface area contributed by atoms with Crippen molar-refractivity contribution in [1.82, 2.24) is 0 Å². The molecule has 0 bridgehead atoms. The normalized spacial score (nSPS) is 20.0. The van der Waals surface area contributed by atoms with Crippen LogP contribution in [0.4, 0.5) is 0 Å². The van der Waals surface area contributed by atoms with E-state index in [1.165, 1.54) is 50.5 Å². The zero-order valence-electron chi connectivity index (χ0n) is 20.8. The Balaban J connectivity index is -0.000000130. The average Bonchev–Trinajstić information content (AvgIpc) is 3.44. The summed E-state index contributed by atoms with van der Waals surface area (Å²) >= 11 is 0. The molecule has 160 valence electrons. The second-order valence-corrected chi connectivity index (χ2v) is 7.10. The van der Waals surface area contributed by atoms with Crippen molar-refractivity contribution in [1.29, 1.82) is 0 Å². The lowest BCUT2D eigenvalue weighted by molar-refractivity contribution is 0.386. The summed E-state index contributed by atoms with van der Waals surface area (Å²) in [7, 11) is 0. The van der Waals surface area contributed by atoms with Gasteiger partial charge in [-0.25, -0.2) is 0 Å². The lowest BCUT2D eigenvalue weighted by Crippen LogP contribution is -2.07. The molecule has 2 rings (SSSR count). The second kappa shape index (κ2) is 26.7. The molecule has 0 spiro atoms. The molecule has 2 aliphatic carbocycles. The van der Waals surface area contributed by atoms with Gasteiger partial charge in [0.2, 0.25) is 0 Å². The van der Waals surface area contributed by atoms with Gasteiger partial charge in [0.15, 0.2) is 0 Å². The molecule has 2 fully saturated rings. The van der Waals surface area contributed by atoms with Crippen LogP contribution in [0.1, 0.15) is 121 Å². The van der Waals surface area contributed by atoms with E-state index >= 15 is 0 Å². The minimum absolute atomic E-state index is 0.944. The van der Waals surface area contributed by atoms with Crippen molar-refractivity contribution in [3.8, 4) is 0 Å². The maximum atomic E-state index is 3.00. The van der Waals surface area contributed by atoms with Crippen molar-refractivity contribution in [2.75, 3.05) is 0 Å². The summed E-state index contributed by atoms with van der Waals surface area (Å²) < 4.78 is 0. The van der Waals surface area contributed by atoms with E-state index in [0.717, 1.165) is 23.7 Å². The predicted octanol–water partition coefficient (Wildman–Crippen LogP) is 10.1. The van der Waals surface area contributed by atoms with E-state index in [-0.39, 0.29) is 0 Å². The molecule has 2 saturated carbocycles. The largest absolute Gasteiger partial charge is 0.106 e. The van der Waals surface area contributed by atoms with Crippen LogP contribution < -0.4 is 0 Å². The summed E-state index contributed by atoms with van der Waals surface area (Å²) in [6, 6.07) is 0. The molecule has 0 aromatic carbocycles. The van der Waals surface area contributed by atoms with Crippen LogP contribution in [-0.2, 0) is 0 Å². The van der Waals surface area contributed by atoms with Gasteiger partial charge in [0.05, 0.1) is 0 Å². The van der Waals surface area contributed by atoms with Crippen molar-refractivity contribution in [2.45, 2.75) is 121 Å². The fraction of sp³-hybridized carbons (Fsp3) is 0.846. The van der Waals surface area contributed by atoms with E-state index in [1.54, 1.807) is 0 Å². The van der Waals surface area contributed by atoms with Crippen LogP contribution in [-0.4, -0.2) is 0 Å². The smallest absolute Gasteiger partial charge is 0.0231 e. The fourth-order valence-corrected chi connectivity index (χ4v) is 2.82. The Morgan fingerprint density at radius 1 is 0.962 bits per heavy atom. The molecule has 2 aliphatic rings. The lowest BCUT2D eigenvalue weighted by atomic mass is 9.84. The average molecular weight is 369 g/mol. The molecule has 26 heavy (non-hydrogen) atoms. The van der Waals surface area contributed by atoms with Gasteiger partial charge in [-0.05, 0) is 56.8 Å². The first-order valence-corrected chi connectivity index (χ1v) is 11.6. The maximum absolute atomic E-state index is 3.00. The zero-order valence-corrected chi connectivity index (χ0v) is 20.8. The number of allylic oxidation sites excluding steroid dienone is 2. The molecule has 0 aromatic heterocycles. The molecule has 0 amide bonds. The number of hydrogen-bond acceptors (Lipinski definition) is 0. The van der Waals surface area contributed by atoms with Gasteiger partial charge in [0.25, 0.3) is 0 Å². The highest BCUT2D eigenvalue weighted by atomic mass is 14.4. The fourth-order valence-electron chi connectivity index (χ4n) is 2.82. The quantitative estimate of drug-likeness (QED) is 0.433. The summed E-state index contributed by atoms with van der Waals surface area (Å²) in [5.74, 6) is 4.13. The third-order valence-electron chi connectivity index (χ3n) is 4.60. The summed E-state index contributed by atoms with van der Waals surface area (Å²) in [4.78, 5) is 0. The summed E-state index contributed by atoms with van der Waals surface area (Å²) in [5, 5.41) is 0. The van der Waals surface area contributed by atoms with E-state index in [1.807, 2.05) is 27.7 Å². The Morgan fingerprint density at radius 3 is 1.54 bits per heavy atom. The van der Waals surface area contributed by atoms with Crippen LogP contribution in [0.2, 0.25) is 0 Å². The molecule has 3 unspecified atom stereocenters. The molecule has 3 atom stereocenters. The highest BCUT2D eigenvalue weighted by Gasteiger charge is 2.38. The van der Waals surface area contributed by atoms with Gasteiger partial charge in [-0.15, -0.1) is 13.2 Å². The van der Waals surface area contributed by atoms with Gasteiger partial charge in [-0.2, -0.15) is 0 Å². The van der Waals surface area contributed by atoms with Gasteiger partial charge in [0.1, 0.15) is 0 Å². The standard InChI is InChI=1S/C9H18.C8H14.C3H8.2C2H6.C2H4/c1-4-7(3)9-6-8(9)5-2;1-7(2)6-8-4-3-5-8;1-3-2;3*1-2/h7-9H,4-6H2,1-3H3;6,8H,3-5H2,1-2H3;3H2,1-2H3;2*1-2H3;1-2H2. The molecule has 0 radical (unpaired) electrons. The van der Waals surface area contributed by atoms with E-state index in [0.29, 0.717) is 0 Å². The molecule has 0 aliphatic heterocycles. The van der Waals surface area contributed by atoms with Crippen LogP contribution in [0.5, 0.6) is 0 Å². The van der Waals surface area contributed by atoms with Crippen LogP contribution in [0.15, 0.2) is 24.8 Å². The van der Waals surface area contributed by atoms with E-state index < -0.39 is 0 Å². The van der Waals surface area contributed by atoms with Crippen LogP contribution in [0.25, 0.3) is 0 Å². The van der Waals surface area contributed by atoms with Crippen molar-refractivity contribution >= 4 is 0 Å². The van der Waals surface area contributed by atoms with Crippen molar-refractivity contribution in [3.63, 3.8) is 0 Å². The van der Waals surface area contributed by atoms with Crippen LogP contribution >= 0.6 is 0 Å². The topological polar surface area (TPSA) is 0 Å². The third kappa shape index (κ3) is 21.5. The van der Waals surface area contributed by atoms with Gasteiger partial charge >= 0.3 is 0 Å². The molecule has 0 aromatic rings. The minimum Gasteiger partial charge on any atom is -0.106 e. The minimum atomic E-state index is 0.944. The van der Waals surface area contributed by atoms with Crippen LogP contribution in [0.3, 0.4) is 0 Å². The van der Waals surface area contributed by atoms with Crippen molar-refractivity contribution in [3.05, 3.63) is 24.8 Å². The van der Waals surface area contributed by atoms with Crippen LogP contribution in [0, 0.1) is 23.7 Å². The Morgan fingerprint density at radius 2 is 1.38 bits per heavy atom. The Labute approximate surface area is 170 Å². The molecule has 0 heterocycles. The van der Waals surface area contributed by atoms with E-state index in [2.05, 4.69) is 67.7 Å². The Bertz CT molecular complexity index is 255. The summed E-state index contributed by atoms with van der Waals surface area (Å²) in [5.41, 5.74) is 1.48. The highest BCUT2D eigenvalue weighted by Crippen LogP contribution is 2.47. The summed E-state index contributed by atoms with van der Waals surface area (Å²) in [6.45, 7) is 29.6. The molecule has 0 heteroatoms. The molecule has 0 N–H and O–H groups in total. The monoisotopic (exact) mass is 368 g/mol. The highest BCUT2D eigenvalue weighted by molar-refractivity contribution is 4.99. The van der Waals surface area contributed by atoms with E-state index in [4.69, 9.17) is 0 Å². The third-order valence-corrected chi connectivity index (χ3v) is 4.60. The van der Waals surface area contributed by atoms with Crippen molar-refractivity contribution in [2.24, 2.45) is 23.7 Å². The first kappa shape index (κ1) is 33.1. The maximum Gasteiger partial charge on any atom is -0.0231 e. The number of rotatable bonds is 4. The molecular weight excluding hydrogens is 312 g/mol. The Kier molecular flexibility index (Phi) is 34.0. The molecule has 0 nitrogen and oxygen atoms in total. The lowest BCUT2D eigenvalue weighted by Gasteiger charge is -2.21. The van der Waals surface area contributed by atoms with Crippen molar-refractivity contribution < 1.29 is 0 Å². The SMILES string of the molecule is C=C.CC.CC.CC(C)=CC1CCC1.CCC.CCC(C)C1CC1CC. The van der Waals surface area contributed by atoms with Gasteiger partial charge < -0.3 is 0 Å². The van der Waals surface area contributed by atoms with Gasteiger partial charge in [-0.1, -0.05) is 99.6 Å². The van der Waals surface area contributed by atoms with E-state index in [9.17, 15) is 0 Å². The molecular formula is C26H56. The van der Waals surface area contributed by atoms with Gasteiger partial charge in [-0.3, -0.25) is 0 Å². The first-order valence-electron chi connectivity index (χ1n) is 11.6. The predicted molar refractivity (Wildman–Crippen MR) is 128 cm³/mol. The molecule has 0 saturated heterocycles. The zero-order chi connectivity index (χ0) is 21.5. The summed E-state index contributed by atoms with van der Waals surface area (Å²) in [6.07, 6.45) is 12.3. The first-order chi connectivity index (χ1) is 12.5. The Hall–Kier alpha value is -0.520. The van der Waals surface area contributed by atoms with Gasteiger partial charge in [0, 0.05) is 0 Å². The second-order valence-electron chi connectivity index (χ2n) is 7.10. The number of hydrogen-bond donors (Lipinski definition) is 0.